The second-order valence-corrected chi connectivity index (χ2v) is 4.64. The van der Waals surface area contributed by atoms with E-state index in [1.165, 1.54) is 12.8 Å². The van der Waals surface area contributed by atoms with Crippen LogP contribution in [0, 0.1) is 5.92 Å². The number of hydrogen-bond donors (Lipinski definition) is 2. The van der Waals surface area contributed by atoms with Crippen molar-refractivity contribution in [1.82, 2.24) is 0 Å². The van der Waals surface area contributed by atoms with Gasteiger partial charge in [0.25, 0.3) is 0 Å². The third-order valence-electron chi connectivity index (χ3n) is 2.90. The van der Waals surface area contributed by atoms with Gasteiger partial charge in [0.1, 0.15) is 0 Å². The van der Waals surface area contributed by atoms with Gasteiger partial charge in [-0.15, -0.1) is 0 Å². The zero-order valence-electron chi connectivity index (χ0n) is 10.0. The van der Waals surface area contributed by atoms with E-state index in [1.54, 1.807) is 0 Å². The Bertz CT molecular complexity index is 315. The lowest BCUT2D eigenvalue weighted by Gasteiger charge is -2.25. The Labute approximate surface area is 103 Å². The summed E-state index contributed by atoms with van der Waals surface area (Å²) in [6.45, 7) is 5.05. The van der Waals surface area contributed by atoms with Crippen molar-refractivity contribution in [1.29, 1.82) is 0 Å². The molecule has 2 atom stereocenters. The van der Waals surface area contributed by atoms with Gasteiger partial charge in [0.2, 0.25) is 0 Å². The van der Waals surface area contributed by atoms with Gasteiger partial charge in [-0.1, -0.05) is 44.0 Å². The maximum Gasteiger partial charge on any atom is 0.0637 e. The molecule has 3 heteroatoms. The molecule has 0 radical (unpaired) electrons. The molecule has 0 aromatic heterocycles. The molecule has 0 bridgehead atoms. The summed E-state index contributed by atoms with van der Waals surface area (Å²) in [6, 6.07) is 8.08. The van der Waals surface area contributed by atoms with Gasteiger partial charge in [-0.3, -0.25) is 0 Å². The van der Waals surface area contributed by atoms with E-state index in [-0.39, 0.29) is 0 Å². The van der Waals surface area contributed by atoms with Gasteiger partial charge in [-0.05, 0) is 24.5 Å². The fourth-order valence-corrected chi connectivity index (χ4v) is 2.06. The van der Waals surface area contributed by atoms with Crippen LogP contribution in [-0.4, -0.2) is 12.6 Å². The first-order valence-electron chi connectivity index (χ1n) is 5.90. The Morgan fingerprint density at radius 2 is 2.06 bits per heavy atom. The molecule has 90 valence electrons. The molecule has 0 spiro atoms. The molecule has 0 saturated carbocycles. The summed E-state index contributed by atoms with van der Waals surface area (Å²) in [6.07, 6.45) is 2.36. The quantitative estimate of drug-likeness (QED) is 0.799. The monoisotopic (exact) mass is 240 g/mol. The number of anilines is 1. The van der Waals surface area contributed by atoms with Gasteiger partial charge in [0, 0.05) is 12.6 Å². The van der Waals surface area contributed by atoms with Gasteiger partial charge < -0.3 is 11.1 Å². The third kappa shape index (κ3) is 3.69. The SMILES string of the molecule is CCCC(C)C(CN)Nc1ccccc1Cl. The molecule has 1 aromatic carbocycles. The summed E-state index contributed by atoms with van der Waals surface area (Å²) in [5, 5.41) is 4.18. The minimum atomic E-state index is 0.292. The first kappa shape index (κ1) is 13.3. The molecule has 2 nitrogen and oxygen atoms in total. The van der Waals surface area contributed by atoms with Crippen molar-refractivity contribution in [2.45, 2.75) is 32.7 Å². The number of nitrogens with two attached hydrogens (primary N) is 1. The summed E-state index contributed by atoms with van der Waals surface area (Å²) >= 11 is 6.10. The Balaban J connectivity index is 2.66. The normalized spacial score (nSPS) is 14.5. The van der Waals surface area contributed by atoms with Crippen LogP contribution in [0.25, 0.3) is 0 Å². The zero-order valence-corrected chi connectivity index (χ0v) is 10.8. The first-order valence-corrected chi connectivity index (χ1v) is 6.28. The predicted molar refractivity (Wildman–Crippen MR) is 72.0 cm³/mol. The Kier molecular flexibility index (Phi) is 5.64. The van der Waals surface area contributed by atoms with Crippen molar-refractivity contribution in [3.63, 3.8) is 0 Å². The summed E-state index contributed by atoms with van der Waals surface area (Å²) < 4.78 is 0. The van der Waals surface area contributed by atoms with E-state index in [0.717, 1.165) is 10.7 Å². The van der Waals surface area contributed by atoms with Gasteiger partial charge in [-0.25, -0.2) is 0 Å². The van der Waals surface area contributed by atoms with Crippen LogP contribution in [0.5, 0.6) is 0 Å². The second kappa shape index (κ2) is 6.77. The first-order chi connectivity index (χ1) is 7.69. The molecular weight excluding hydrogens is 220 g/mol. The van der Waals surface area contributed by atoms with Crippen molar-refractivity contribution >= 4 is 17.3 Å². The molecule has 2 unspecified atom stereocenters. The fraction of sp³-hybridized carbons (Fsp3) is 0.538. The van der Waals surface area contributed by atoms with Gasteiger partial charge in [0.05, 0.1) is 10.7 Å². The van der Waals surface area contributed by atoms with Crippen LogP contribution in [0.15, 0.2) is 24.3 Å². The van der Waals surface area contributed by atoms with Crippen LogP contribution in [0.2, 0.25) is 5.02 Å². The van der Waals surface area contributed by atoms with E-state index in [9.17, 15) is 0 Å². The molecule has 0 heterocycles. The highest BCUT2D eigenvalue weighted by molar-refractivity contribution is 6.33. The second-order valence-electron chi connectivity index (χ2n) is 4.23. The predicted octanol–water partition coefficient (Wildman–Crippen LogP) is 3.52. The summed E-state index contributed by atoms with van der Waals surface area (Å²) in [4.78, 5) is 0. The summed E-state index contributed by atoms with van der Waals surface area (Å²) in [5.41, 5.74) is 6.77. The molecule has 0 aliphatic rings. The van der Waals surface area contributed by atoms with Crippen LogP contribution in [0.4, 0.5) is 5.69 Å². The van der Waals surface area contributed by atoms with Crippen LogP contribution >= 0.6 is 11.6 Å². The van der Waals surface area contributed by atoms with E-state index in [2.05, 4.69) is 19.2 Å². The van der Waals surface area contributed by atoms with Gasteiger partial charge in [-0.2, -0.15) is 0 Å². The van der Waals surface area contributed by atoms with E-state index in [0.29, 0.717) is 18.5 Å². The topological polar surface area (TPSA) is 38.0 Å². The highest BCUT2D eigenvalue weighted by atomic mass is 35.5. The molecule has 0 fully saturated rings. The molecule has 0 aliphatic carbocycles. The average molecular weight is 241 g/mol. The molecule has 0 aliphatic heterocycles. The lowest BCUT2D eigenvalue weighted by atomic mass is 9.96. The van der Waals surface area contributed by atoms with Gasteiger partial charge in [0.15, 0.2) is 0 Å². The highest BCUT2D eigenvalue weighted by Gasteiger charge is 2.15. The average Bonchev–Trinajstić information content (AvgIpc) is 2.28. The molecule has 0 saturated heterocycles. The van der Waals surface area contributed by atoms with E-state index in [1.807, 2.05) is 24.3 Å². The number of halogens is 1. The van der Waals surface area contributed by atoms with E-state index in [4.69, 9.17) is 17.3 Å². The minimum Gasteiger partial charge on any atom is -0.380 e. The van der Waals surface area contributed by atoms with Crippen molar-refractivity contribution in [2.24, 2.45) is 11.7 Å². The van der Waals surface area contributed by atoms with Crippen LogP contribution in [0.3, 0.4) is 0 Å². The summed E-state index contributed by atoms with van der Waals surface area (Å²) in [7, 11) is 0. The number of nitrogens with one attached hydrogen (secondary N) is 1. The number of rotatable bonds is 6. The minimum absolute atomic E-state index is 0.292. The Morgan fingerprint density at radius 3 is 2.62 bits per heavy atom. The Hall–Kier alpha value is -0.730. The van der Waals surface area contributed by atoms with Crippen LogP contribution in [0.1, 0.15) is 26.7 Å². The molecule has 3 N–H and O–H groups in total. The number of hydrogen-bond acceptors (Lipinski definition) is 2. The van der Waals surface area contributed by atoms with Crippen LogP contribution < -0.4 is 11.1 Å². The van der Waals surface area contributed by atoms with Crippen LogP contribution in [-0.2, 0) is 0 Å². The van der Waals surface area contributed by atoms with Crippen molar-refractivity contribution in [3.8, 4) is 0 Å². The maximum atomic E-state index is 6.10. The van der Waals surface area contributed by atoms with Crippen molar-refractivity contribution < 1.29 is 0 Å². The van der Waals surface area contributed by atoms with Crippen molar-refractivity contribution in [2.75, 3.05) is 11.9 Å². The van der Waals surface area contributed by atoms with E-state index < -0.39 is 0 Å². The zero-order chi connectivity index (χ0) is 12.0. The Morgan fingerprint density at radius 1 is 1.38 bits per heavy atom. The lowest BCUT2D eigenvalue weighted by molar-refractivity contribution is 0.450. The molecule has 1 rings (SSSR count). The molecular formula is C13H21ClN2. The highest BCUT2D eigenvalue weighted by Crippen LogP contribution is 2.23. The maximum absolute atomic E-state index is 6.10. The van der Waals surface area contributed by atoms with Gasteiger partial charge >= 0.3 is 0 Å². The smallest absolute Gasteiger partial charge is 0.0637 e. The standard InChI is InChI=1S/C13H21ClN2/c1-3-6-10(2)13(9-15)16-12-8-5-4-7-11(12)14/h4-5,7-8,10,13,16H,3,6,9,15H2,1-2H3. The van der Waals surface area contributed by atoms with E-state index >= 15 is 0 Å². The third-order valence-corrected chi connectivity index (χ3v) is 3.23. The largest absolute Gasteiger partial charge is 0.380 e. The lowest BCUT2D eigenvalue weighted by Crippen LogP contribution is -2.35. The number of benzene rings is 1. The molecule has 0 amide bonds. The molecule has 16 heavy (non-hydrogen) atoms. The summed E-state index contributed by atoms with van der Waals surface area (Å²) in [5.74, 6) is 0.561. The number of para-hydroxylation sites is 1. The fourth-order valence-electron chi connectivity index (χ4n) is 1.87. The van der Waals surface area contributed by atoms with Crippen molar-refractivity contribution in [3.05, 3.63) is 29.3 Å². The molecule has 1 aromatic rings.